The largest absolute Gasteiger partial charge is 0.494 e. The molecule has 4 nitrogen and oxygen atoms in total. The van der Waals surface area contributed by atoms with Gasteiger partial charge >= 0.3 is 0 Å². The third-order valence-electron chi connectivity index (χ3n) is 2.79. The first-order valence-corrected chi connectivity index (χ1v) is 6.19. The highest BCUT2D eigenvalue weighted by molar-refractivity contribution is 5.33. The number of nitrogens with one attached hydrogen (secondary N) is 1. The summed E-state index contributed by atoms with van der Waals surface area (Å²) in [6.45, 7) is 4.22. The second kappa shape index (κ2) is 6.21. The number of hydrogen-bond donors (Lipinski definition) is 1. The highest BCUT2D eigenvalue weighted by Gasteiger charge is 2.03. The number of aryl methyl sites for hydroxylation is 1. The topological polar surface area (TPSA) is 39.1 Å². The van der Waals surface area contributed by atoms with E-state index in [0.29, 0.717) is 6.61 Å². The lowest BCUT2D eigenvalue weighted by Gasteiger charge is -2.10. The van der Waals surface area contributed by atoms with Crippen molar-refractivity contribution in [3.63, 3.8) is 0 Å². The molecule has 96 valence electrons. The lowest BCUT2D eigenvalue weighted by Crippen LogP contribution is -2.16. The zero-order chi connectivity index (χ0) is 12.8. The summed E-state index contributed by atoms with van der Waals surface area (Å²) in [5.74, 6) is 1.98. The Bertz CT molecular complexity index is 493. The van der Waals surface area contributed by atoms with Crippen LogP contribution < -0.4 is 10.1 Å². The highest BCUT2D eigenvalue weighted by Crippen LogP contribution is 2.17. The van der Waals surface area contributed by atoms with E-state index in [1.807, 2.05) is 49.1 Å². The van der Waals surface area contributed by atoms with Crippen LogP contribution in [-0.2, 0) is 20.1 Å². The maximum Gasteiger partial charge on any atom is 0.123 e. The SMILES string of the molecule is CCOc1ccccc1CNCc1nccn1C. The van der Waals surface area contributed by atoms with Crippen LogP contribution in [0.2, 0.25) is 0 Å². The van der Waals surface area contributed by atoms with E-state index in [4.69, 9.17) is 4.74 Å². The minimum atomic E-state index is 0.691. The Kier molecular flexibility index (Phi) is 4.36. The van der Waals surface area contributed by atoms with E-state index in [0.717, 1.165) is 24.7 Å². The van der Waals surface area contributed by atoms with E-state index >= 15 is 0 Å². The molecule has 1 heterocycles. The van der Waals surface area contributed by atoms with Gasteiger partial charge in [0.15, 0.2) is 0 Å². The summed E-state index contributed by atoms with van der Waals surface area (Å²) >= 11 is 0. The van der Waals surface area contributed by atoms with E-state index in [1.54, 1.807) is 0 Å². The van der Waals surface area contributed by atoms with Crippen LogP contribution in [0.4, 0.5) is 0 Å². The predicted octanol–water partition coefficient (Wildman–Crippen LogP) is 2.11. The van der Waals surface area contributed by atoms with Crippen molar-refractivity contribution in [2.24, 2.45) is 7.05 Å². The van der Waals surface area contributed by atoms with E-state index in [1.165, 1.54) is 5.56 Å². The quantitative estimate of drug-likeness (QED) is 0.847. The van der Waals surface area contributed by atoms with E-state index < -0.39 is 0 Å². The van der Waals surface area contributed by atoms with Gasteiger partial charge in [0.1, 0.15) is 11.6 Å². The molecular weight excluding hydrogens is 226 g/mol. The monoisotopic (exact) mass is 245 g/mol. The Hall–Kier alpha value is -1.81. The summed E-state index contributed by atoms with van der Waals surface area (Å²) in [5.41, 5.74) is 1.17. The fourth-order valence-corrected chi connectivity index (χ4v) is 1.82. The van der Waals surface area contributed by atoms with E-state index in [-0.39, 0.29) is 0 Å². The lowest BCUT2D eigenvalue weighted by atomic mass is 10.2. The van der Waals surface area contributed by atoms with Crippen LogP contribution in [-0.4, -0.2) is 16.2 Å². The molecule has 18 heavy (non-hydrogen) atoms. The van der Waals surface area contributed by atoms with Gasteiger partial charge in [-0.2, -0.15) is 0 Å². The molecule has 0 saturated heterocycles. The molecule has 1 N–H and O–H groups in total. The van der Waals surface area contributed by atoms with Crippen LogP contribution in [0.3, 0.4) is 0 Å². The number of para-hydroxylation sites is 1. The second-order valence-corrected chi connectivity index (χ2v) is 4.10. The first-order chi connectivity index (χ1) is 8.81. The number of ether oxygens (including phenoxy) is 1. The molecule has 0 fully saturated rings. The number of imidazole rings is 1. The minimum Gasteiger partial charge on any atom is -0.494 e. The first-order valence-electron chi connectivity index (χ1n) is 6.19. The van der Waals surface area contributed by atoms with E-state index in [9.17, 15) is 0 Å². The van der Waals surface area contributed by atoms with Crippen LogP contribution >= 0.6 is 0 Å². The number of nitrogens with zero attached hydrogens (tertiary/aromatic N) is 2. The van der Waals surface area contributed by atoms with Gasteiger partial charge < -0.3 is 14.6 Å². The van der Waals surface area contributed by atoms with Crippen molar-refractivity contribution in [1.29, 1.82) is 0 Å². The molecule has 0 spiro atoms. The van der Waals surface area contributed by atoms with Gasteiger partial charge in [0.05, 0.1) is 13.2 Å². The molecule has 0 aliphatic heterocycles. The van der Waals surface area contributed by atoms with Gasteiger partial charge in [-0.05, 0) is 13.0 Å². The molecule has 0 radical (unpaired) electrons. The lowest BCUT2D eigenvalue weighted by molar-refractivity contribution is 0.335. The van der Waals surface area contributed by atoms with Gasteiger partial charge in [-0.25, -0.2) is 4.98 Å². The molecule has 0 aliphatic rings. The maximum absolute atomic E-state index is 5.59. The molecule has 0 unspecified atom stereocenters. The summed E-state index contributed by atoms with van der Waals surface area (Å²) in [6.07, 6.45) is 3.76. The third kappa shape index (κ3) is 3.11. The summed E-state index contributed by atoms with van der Waals surface area (Å²) in [6, 6.07) is 8.10. The average Bonchev–Trinajstić information content (AvgIpc) is 2.78. The van der Waals surface area contributed by atoms with Crippen molar-refractivity contribution >= 4 is 0 Å². The van der Waals surface area contributed by atoms with Crippen LogP contribution in [0.1, 0.15) is 18.3 Å². The number of rotatable bonds is 6. The number of benzene rings is 1. The Morgan fingerprint density at radius 2 is 2.11 bits per heavy atom. The third-order valence-corrected chi connectivity index (χ3v) is 2.79. The van der Waals surface area contributed by atoms with Gasteiger partial charge in [-0.3, -0.25) is 0 Å². The van der Waals surface area contributed by atoms with Crippen molar-refractivity contribution in [2.45, 2.75) is 20.0 Å². The Balaban J connectivity index is 1.92. The standard InChI is InChI=1S/C14H19N3O/c1-3-18-13-7-5-4-6-12(13)10-15-11-14-16-8-9-17(14)2/h4-9,15H,3,10-11H2,1-2H3. The summed E-state index contributed by atoms with van der Waals surface area (Å²) in [7, 11) is 2.00. The smallest absolute Gasteiger partial charge is 0.123 e. The zero-order valence-corrected chi connectivity index (χ0v) is 10.9. The van der Waals surface area contributed by atoms with Gasteiger partial charge in [0.25, 0.3) is 0 Å². The van der Waals surface area contributed by atoms with Gasteiger partial charge in [0, 0.05) is 31.5 Å². The average molecular weight is 245 g/mol. The second-order valence-electron chi connectivity index (χ2n) is 4.10. The molecule has 0 aliphatic carbocycles. The van der Waals surface area contributed by atoms with Gasteiger partial charge in [-0.1, -0.05) is 18.2 Å². The van der Waals surface area contributed by atoms with Crippen molar-refractivity contribution < 1.29 is 4.74 Å². The molecule has 0 amide bonds. The fourth-order valence-electron chi connectivity index (χ4n) is 1.82. The molecule has 0 saturated carbocycles. The zero-order valence-electron chi connectivity index (χ0n) is 10.9. The molecular formula is C14H19N3O. The Morgan fingerprint density at radius 3 is 2.83 bits per heavy atom. The molecule has 2 aromatic rings. The van der Waals surface area contributed by atoms with Crippen molar-refractivity contribution in [3.8, 4) is 5.75 Å². The van der Waals surface area contributed by atoms with Gasteiger partial charge in [0.2, 0.25) is 0 Å². The van der Waals surface area contributed by atoms with Crippen LogP contribution in [0.25, 0.3) is 0 Å². The Labute approximate surface area is 108 Å². The van der Waals surface area contributed by atoms with Crippen LogP contribution in [0.15, 0.2) is 36.7 Å². The summed E-state index contributed by atoms with van der Waals surface area (Å²) in [5, 5.41) is 3.38. The molecule has 2 rings (SSSR count). The normalized spacial score (nSPS) is 10.6. The predicted molar refractivity (Wildman–Crippen MR) is 71.4 cm³/mol. The minimum absolute atomic E-state index is 0.691. The summed E-state index contributed by atoms with van der Waals surface area (Å²) in [4.78, 5) is 4.27. The van der Waals surface area contributed by atoms with Crippen molar-refractivity contribution in [2.75, 3.05) is 6.61 Å². The number of aromatic nitrogens is 2. The first kappa shape index (κ1) is 12.6. The highest BCUT2D eigenvalue weighted by atomic mass is 16.5. The molecule has 0 atom stereocenters. The van der Waals surface area contributed by atoms with Crippen molar-refractivity contribution in [3.05, 3.63) is 48.0 Å². The molecule has 1 aromatic heterocycles. The van der Waals surface area contributed by atoms with Crippen LogP contribution in [0.5, 0.6) is 5.75 Å². The van der Waals surface area contributed by atoms with Crippen molar-refractivity contribution in [1.82, 2.24) is 14.9 Å². The number of hydrogen-bond acceptors (Lipinski definition) is 3. The molecule has 1 aromatic carbocycles. The van der Waals surface area contributed by atoms with Crippen LogP contribution in [0, 0.1) is 0 Å². The molecule has 4 heteroatoms. The summed E-state index contributed by atoms with van der Waals surface area (Å²) < 4.78 is 7.60. The Morgan fingerprint density at radius 1 is 1.28 bits per heavy atom. The molecule has 0 bridgehead atoms. The van der Waals surface area contributed by atoms with E-state index in [2.05, 4.69) is 16.4 Å². The fraction of sp³-hybridized carbons (Fsp3) is 0.357. The maximum atomic E-state index is 5.59. The van der Waals surface area contributed by atoms with Gasteiger partial charge in [-0.15, -0.1) is 0 Å².